The summed E-state index contributed by atoms with van der Waals surface area (Å²) in [5.41, 5.74) is 2.45. The fraction of sp³-hybridized carbons (Fsp3) is 0.353. The molecule has 3 rings (SSSR count). The van der Waals surface area contributed by atoms with Crippen LogP contribution in [0, 0.1) is 0 Å². The monoisotopic (exact) mass is 302 g/mol. The Morgan fingerprint density at radius 2 is 2.10 bits per heavy atom. The summed E-state index contributed by atoms with van der Waals surface area (Å²) < 4.78 is 5.88. The van der Waals surface area contributed by atoms with Crippen LogP contribution in [-0.4, -0.2) is 24.2 Å². The van der Waals surface area contributed by atoms with E-state index in [4.69, 9.17) is 16.3 Å². The van der Waals surface area contributed by atoms with Gasteiger partial charge in [0.1, 0.15) is 0 Å². The Morgan fingerprint density at radius 1 is 1.24 bits per heavy atom. The lowest BCUT2D eigenvalue weighted by molar-refractivity contribution is 0.0989. The van der Waals surface area contributed by atoms with Gasteiger partial charge < -0.3 is 10.1 Å². The molecule has 1 aliphatic rings. The molecule has 21 heavy (non-hydrogen) atoms. The molecule has 0 bridgehead atoms. The van der Waals surface area contributed by atoms with Crippen LogP contribution in [0.5, 0.6) is 0 Å². The van der Waals surface area contributed by atoms with Crippen LogP contribution in [-0.2, 0) is 11.2 Å². The highest BCUT2D eigenvalue weighted by molar-refractivity contribution is 6.30. The van der Waals surface area contributed by atoms with E-state index in [1.807, 2.05) is 36.5 Å². The first-order valence-corrected chi connectivity index (χ1v) is 7.70. The van der Waals surface area contributed by atoms with Crippen molar-refractivity contribution in [3.05, 3.63) is 64.9 Å². The predicted molar refractivity (Wildman–Crippen MR) is 84.5 cm³/mol. The zero-order valence-corrected chi connectivity index (χ0v) is 12.6. The van der Waals surface area contributed by atoms with Crippen molar-refractivity contribution in [1.82, 2.24) is 10.3 Å². The van der Waals surface area contributed by atoms with Crippen LogP contribution < -0.4 is 5.32 Å². The van der Waals surface area contributed by atoms with Crippen LogP contribution in [0.4, 0.5) is 0 Å². The summed E-state index contributed by atoms with van der Waals surface area (Å²) in [6, 6.07) is 12.4. The van der Waals surface area contributed by atoms with Gasteiger partial charge >= 0.3 is 0 Å². The molecular formula is C17H19ClN2O. The van der Waals surface area contributed by atoms with E-state index in [9.17, 15) is 0 Å². The van der Waals surface area contributed by atoms with Crippen molar-refractivity contribution in [2.45, 2.75) is 25.0 Å². The second kappa shape index (κ2) is 7.03. The van der Waals surface area contributed by atoms with Crippen LogP contribution in [0.15, 0.2) is 48.8 Å². The topological polar surface area (TPSA) is 34.1 Å². The third-order valence-electron chi connectivity index (χ3n) is 3.83. The number of rotatable bonds is 5. The lowest BCUT2D eigenvalue weighted by Crippen LogP contribution is -2.33. The highest BCUT2D eigenvalue weighted by atomic mass is 35.5. The molecule has 4 heteroatoms. The minimum atomic E-state index is 0.121. The summed E-state index contributed by atoms with van der Waals surface area (Å²) in [4.78, 5) is 4.14. The van der Waals surface area contributed by atoms with E-state index in [0.29, 0.717) is 6.04 Å². The molecule has 1 saturated heterocycles. The second-order valence-electron chi connectivity index (χ2n) is 5.30. The molecule has 3 nitrogen and oxygen atoms in total. The molecule has 0 saturated carbocycles. The molecule has 0 spiro atoms. The number of halogens is 1. The fourth-order valence-corrected chi connectivity index (χ4v) is 2.85. The van der Waals surface area contributed by atoms with E-state index in [1.54, 1.807) is 6.20 Å². The third kappa shape index (κ3) is 3.82. The first-order chi connectivity index (χ1) is 10.3. The minimum Gasteiger partial charge on any atom is -0.372 e. The number of pyridine rings is 1. The molecule has 1 aromatic carbocycles. The quantitative estimate of drug-likeness (QED) is 0.919. The van der Waals surface area contributed by atoms with Crippen molar-refractivity contribution in [3.63, 3.8) is 0 Å². The van der Waals surface area contributed by atoms with E-state index >= 15 is 0 Å². The van der Waals surface area contributed by atoms with Gasteiger partial charge in [0.25, 0.3) is 0 Å². The van der Waals surface area contributed by atoms with E-state index in [1.165, 1.54) is 11.1 Å². The minimum absolute atomic E-state index is 0.121. The number of hydrogen-bond donors (Lipinski definition) is 1. The molecule has 110 valence electrons. The van der Waals surface area contributed by atoms with Gasteiger partial charge in [-0.15, -0.1) is 0 Å². The van der Waals surface area contributed by atoms with Gasteiger partial charge in [-0.1, -0.05) is 29.8 Å². The number of aromatic nitrogens is 1. The van der Waals surface area contributed by atoms with E-state index in [0.717, 1.165) is 31.0 Å². The number of ether oxygens (including phenoxy) is 1. The number of nitrogens with zero attached hydrogens (tertiary/aromatic N) is 1. The SMILES string of the molecule is Clc1ccc([C@H]2OCC[C@@H]2NCCc2cccnc2)cc1. The molecule has 1 aromatic heterocycles. The van der Waals surface area contributed by atoms with Crippen LogP contribution in [0.25, 0.3) is 0 Å². The Morgan fingerprint density at radius 3 is 2.86 bits per heavy atom. The summed E-state index contributed by atoms with van der Waals surface area (Å²) in [5, 5.41) is 4.37. The maximum Gasteiger partial charge on any atom is 0.0978 e. The van der Waals surface area contributed by atoms with E-state index < -0.39 is 0 Å². The third-order valence-corrected chi connectivity index (χ3v) is 4.09. The van der Waals surface area contributed by atoms with Crippen molar-refractivity contribution in [2.24, 2.45) is 0 Å². The Kier molecular flexibility index (Phi) is 4.86. The smallest absolute Gasteiger partial charge is 0.0978 e. The summed E-state index contributed by atoms with van der Waals surface area (Å²) in [7, 11) is 0. The van der Waals surface area contributed by atoms with Crippen molar-refractivity contribution >= 4 is 11.6 Å². The van der Waals surface area contributed by atoms with Gasteiger partial charge in [-0.3, -0.25) is 4.98 Å². The van der Waals surface area contributed by atoms with Gasteiger partial charge in [0, 0.05) is 30.1 Å². The van der Waals surface area contributed by atoms with Gasteiger partial charge in [-0.25, -0.2) is 0 Å². The molecule has 2 aromatic rings. The molecule has 0 unspecified atom stereocenters. The number of nitrogens with one attached hydrogen (secondary N) is 1. The largest absolute Gasteiger partial charge is 0.372 e. The average molecular weight is 303 g/mol. The fourth-order valence-electron chi connectivity index (χ4n) is 2.73. The van der Waals surface area contributed by atoms with Gasteiger partial charge in [0.05, 0.1) is 6.10 Å². The normalized spacial score (nSPS) is 21.6. The highest BCUT2D eigenvalue weighted by Crippen LogP contribution is 2.29. The Labute approximate surface area is 130 Å². The van der Waals surface area contributed by atoms with E-state index in [-0.39, 0.29) is 6.10 Å². The highest BCUT2D eigenvalue weighted by Gasteiger charge is 2.28. The number of hydrogen-bond acceptors (Lipinski definition) is 3. The van der Waals surface area contributed by atoms with Crippen LogP contribution in [0.2, 0.25) is 5.02 Å². The summed E-state index contributed by atoms with van der Waals surface area (Å²) in [6.45, 7) is 1.74. The predicted octanol–water partition coefficient (Wildman–Crippen LogP) is 3.40. The maximum absolute atomic E-state index is 5.94. The molecule has 1 fully saturated rings. The Bertz CT molecular complexity index is 559. The molecule has 0 radical (unpaired) electrons. The standard InChI is InChI=1S/C17H19ClN2O/c18-15-5-3-14(4-6-15)17-16(8-11-21-17)20-10-7-13-2-1-9-19-12-13/h1-6,9,12,16-17,20H,7-8,10-11H2/t16-,17+/m0/s1. The first-order valence-electron chi connectivity index (χ1n) is 7.32. The number of benzene rings is 1. The molecule has 1 aliphatic heterocycles. The van der Waals surface area contributed by atoms with Gasteiger partial charge in [-0.05, 0) is 48.7 Å². The molecule has 1 N–H and O–H groups in total. The Hall–Kier alpha value is -1.42. The molecular weight excluding hydrogens is 284 g/mol. The second-order valence-corrected chi connectivity index (χ2v) is 5.74. The Balaban J connectivity index is 1.56. The lowest BCUT2D eigenvalue weighted by atomic mass is 10.0. The first kappa shape index (κ1) is 14.5. The van der Waals surface area contributed by atoms with E-state index in [2.05, 4.69) is 16.4 Å². The van der Waals surface area contributed by atoms with Crippen LogP contribution in [0.1, 0.15) is 23.7 Å². The van der Waals surface area contributed by atoms with Crippen molar-refractivity contribution in [3.8, 4) is 0 Å². The van der Waals surface area contributed by atoms with Crippen LogP contribution >= 0.6 is 11.6 Å². The van der Waals surface area contributed by atoms with Crippen molar-refractivity contribution in [2.75, 3.05) is 13.2 Å². The van der Waals surface area contributed by atoms with Crippen molar-refractivity contribution < 1.29 is 4.74 Å². The molecule has 0 aliphatic carbocycles. The summed E-state index contributed by atoms with van der Waals surface area (Å²) in [6.07, 6.45) is 5.87. The summed E-state index contributed by atoms with van der Waals surface area (Å²) in [5.74, 6) is 0. The van der Waals surface area contributed by atoms with Gasteiger partial charge in [-0.2, -0.15) is 0 Å². The van der Waals surface area contributed by atoms with Crippen LogP contribution in [0.3, 0.4) is 0 Å². The molecule has 2 atom stereocenters. The zero-order valence-electron chi connectivity index (χ0n) is 11.8. The maximum atomic E-state index is 5.94. The summed E-state index contributed by atoms with van der Waals surface area (Å²) >= 11 is 5.94. The molecule has 2 heterocycles. The van der Waals surface area contributed by atoms with Gasteiger partial charge in [0.15, 0.2) is 0 Å². The zero-order chi connectivity index (χ0) is 14.5. The van der Waals surface area contributed by atoms with Gasteiger partial charge in [0.2, 0.25) is 0 Å². The molecule has 0 amide bonds. The average Bonchev–Trinajstić information content (AvgIpc) is 2.98. The lowest BCUT2D eigenvalue weighted by Gasteiger charge is -2.20. The van der Waals surface area contributed by atoms with Crippen molar-refractivity contribution in [1.29, 1.82) is 0 Å².